The molecular formula is C22H25N3O3S. The molecule has 2 aromatic heterocycles. The highest BCUT2D eigenvalue weighted by atomic mass is 32.1. The Morgan fingerprint density at radius 3 is 2.69 bits per heavy atom. The second kappa shape index (κ2) is 7.55. The highest BCUT2D eigenvalue weighted by molar-refractivity contribution is 7.20. The molecule has 1 spiro atoms. The number of hydrogen-bond donors (Lipinski definition) is 1. The Bertz CT molecular complexity index is 1010. The number of aromatic nitrogens is 2. The van der Waals surface area contributed by atoms with E-state index in [1.54, 1.807) is 0 Å². The minimum absolute atomic E-state index is 0.00562. The van der Waals surface area contributed by atoms with E-state index in [-0.39, 0.29) is 11.9 Å². The fraction of sp³-hybridized carbons (Fsp3) is 0.455. The van der Waals surface area contributed by atoms with Gasteiger partial charge in [-0.15, -0.1) is 11.3 Å². The summed E-state index contributed by atoms with van der Waals surface area (Å²) in [6.45, 7) is 4.06. The predicted molar refractivity (Wildman–Crippen MR) is 112 cm³/mol. The van der Waals surface area contributed by atoms with Crippen molar-refractivity contribution in [3.63, 3.8) is 0 Å². The maximum absolute atomic E-state index is 12.9. The van der Waals surface area contributed by atoms with Crippen molar-refractivity contribution < 1.29 is 14.3 Å². The molecule has 3 heterocycles. The average Bonchev–Trinajstić information content (AvgIpc) is 3.43. The van der Waals surface area contributed by atoms with Crippen LogP contribution in [0.15, 0.2) is 36.4 Å². The molecule has 1 aliphatic carbocycles. The van der Waals surface area contributed by atoms with Crippen LogP contribution in [0.2, 0.25) is 0 Å². The van der Waals surface area contributed by atoms with Gasteiger partial charge >= 0.3 is 0 Å². The zero-order valence-corrected chi connectivity index (χ0v) is 17.3. The summed E-state index contributed by atoms with van der Waals surface area (Å²) in [7, 11) is 0. The third kappa shape index (κ3) is 3.70. The first kappa shape index (κ1) is 18.8. The van der Waals surface area contributed by atoms with Crippen LogP contribution in [0, 0.1) is 6.92 Å². The van der Waals surface area contributed by atoms with Crippen LogP contribution in [-0.4, -0.2) is 40.7 Å². The van der Waals surface area contributed by atoms with Gasteiger partial charge < -0.3 is 14.8 Å². The minimum Gasteiger partial charge on any atom is -0.349 e. The van der Waals surface area contributed by atoms with Gasteiger partial charge in [0.05, 0.1) is 30.3 Å². The lowest BCUT2D eigenvalue weighted by atomic mass is 9.90. The Morgan fingerprint density at radius 2 is 1.97 bits per heavy atom. The Balaban J connectivity index is 1.29. The second-order valence-electron chi connectivity index (χ2n) is 7.91. The summed E-state index contributed by atoms with van der Waals surface area (Å²) in [6.07, 6.45) is 3.46. The van der Waals surface area contributed by atoms with Crippen molar-refractivity contribution in [3.05, 3.63) is 52.5 Å². The first-order chi connectivity index (χ1) is 14.1. The fourth-order valence-corrected chi connectivity index (χ4v) is 5.40. The third-order valence-corrected chi connectivity index (χ3v) is 7.05. The van der Waals surface area contributed by atoms with Crippen molar-refractivity contribution in [2.75, 3.05) is 13.2 Å². The summed E-state index contributed by atoms with van der Waals surface area (Å²) >= 11 is 1.52. The Hall–Kier alpha value is -2.22. The molecule has 0 radical (unpaired) electrons. The van der Waals surface area contributed by atoms with Crippen LogP contribution in [0.25, 0.3) is 10.2 Å². The van der Waals surface area contributed by atoms with Crippen molar-refractivity contribution in [3.8, 4) is 0 Å². The van der Waals surface area contributed by atoms with Crippen LogP contribution in [-0.2, 0) is 16.0 Å². The minimum atomic E-state index is -0.392. The molecule has 2 fully saturated rings. The van der Waals surface area contributed by atoms with E-state index in [1.165, 1.54) is 16.9 Å². The monoisotopic (exact) mass is 411 g/mol. The van der Waals surface area contributed by atoms with Gasteiger partial charge in [-0.05, 0) is 31.4 Å². The molecule has 152 valence electrons. The molecule has 0 bridgehead atoms. The van der Waals surface area contributed by atoms with Gasteiger partial charge in [-0.2, -0.15) is 5.10 Å². The van der Waals surface area contributed by atoms with E-state index in [0.29, 0.717) is 19.8 Å². The van der Waals surface area contributed by atoms with E-state index in [0.717, 1.165) is 46.5 Å². The third-order valence-electron chi connectivity index (χ3n) is 5.90. The zero-order valence-electron chi connectivity index (χ0n) is 16.5. The molecule has 7 heteroatoms. The normalized spacial score (nSPS) is 19.2. The van der Waals surface area contributed by atoms with Crippen LogP contribution in [0.3, 0.4) is 0 Å². The van der Waals surface area contributed by atoms with Gasteiger partial charge in [0.15, 0.2) is 5.79 Å². The molecule has 1 saturated carbocycles. The van der Waals surface area contributed by atoms with Crippen molar-refractivity contribution in [2.24, 2.45) is 0 Å². The quantitative estimate of drug-likeness (QED) is 0.708. The van der Waals surface area contributed by atoms with Gasteiger partial charge in [0.2, 0.25) is 0 Å². The number of rotatable bonds is 4. The van der Waals surface area contributed by atoms with E-state index in [9.17, 15) is 4.79 Å². The van der Waals surface area contributed by atoms with Gasteiger partial charge in [-0.3, -0.25) is 9.48 Å². The molecular weight excluding hydrogens is 386 g/mol. The molecule has 0 unspecified atom stereocenters. The maximum atomic E-state index is 12.9. The highest BCUT2D eigenvalue weighted by Crippen LogP contribution is 2.36. The van der Waals surface area contributed by atoms with Gasteiger partial charge in [0.25, 0.3) is 5.91 Å². The van der Waals surface area contributed by atoms with E-state index in [1.807, 2.05) is 35.9 Å². The number of hydrogen-bond acceptors (Lipinski definition) is 5. The molecule has 6 nitrogen and oxygen atoms in total. The number of fused-ring (bicyclic) bond motifs is 1. The van der Waals surface area contributed by atoms with Crippen molar-refractivity contribution in [1.29, 1.82) is 0 Å². The summed E-state index contributed by atoms with van der Waals surface area (Å²) in [5, 5.41) is 8.94. The first-order valence-electron chi connectivity index (χ1n) is 10.2. The number of benzene rings is 1. The number of carbonyl (C=O) groups excluding carboxylic acids is 1. The lowest BCUT2D eigenvalue weighted by Gasteiger charge is -2.35. The van der Waals surface area contributed by atoms with Gasteiger partial charge in [0, 0.05) is 24.3 Å². The smallest absolute Gasteiger partial charge is 0.261 e. The number of aryl methyl sites for hydroxylation is 1. The summed E-state index contributed by atoms with van der Waals surface area (Å²) < 4.78 is 13.6. The second-order valence-corrected chi connectivity index (χ2v) is 8.94. The largest absolute Gasteiger partial charge is 0.349 e. The van der Waals surface area contributed by atoms with Crippen LogP contribution in [0.5, 0.6) is 0 Å². The van der Waals surface area contributed by atoms with Crippen molar-refractivity contribution in [1.82, 2.24) is 15.1 Å². The number of nitrogens with one attached hydrogen (secondary N) is 1. The molecule has 1 aliphatic heterocycles. The lowest BCUT2D eigenvalue weighted by molar-refractivity contribution is -0.179. The number of thiophene rings is 1. The van der Waals surface area contributed by atoms with Crippen LogP contribution >= 0.6 is 11.3 Å². The number of ether oxygens (including phenoxy) is 2. The Kier molecular flexibility index (Phi) is 4.89. The molecule has 1 saturated heterocycles. The van der Waals surface area contributed by atoms with Crippen LogP contribution in [0.1, 0.15) is 46.6 Å². The van der Waals surface area contributed by atoms with Crippen molar-refractivity contribution >= 4 is 27.5 Å². The summed E-state index contributed by atoms with van der Waals surface area (Å²) in [5.74, 6) is -0.386. The molecule has 2 aliphatic rings. The maximum Gasteiger partial charge on any atom is 0.261 e. The topological polar surface area (TPSA) is 65.4 Å². The highest BCUT2D eigenvalue weighted by Gasteiger charge is 2.40. The Labute approximate surface area is 173 Å². The van der Waals surface area contributed by atoms with E-state index < -0.39 is 5.79 Å². The molecule has 29 heavy (non-hydrogen) atoms. The number of nitrogens with zero attached hydrogens (tertiary/aromatic N) is 2. The average molecular weight is 412 g/mol. The van der Waals surface area contributed by atoms with Gasteiger partial charge in [-0.1, -0.05) is 30.3 Å². The molecule has 5 rings (SSSR count). The first-order valence-corrected chi connectivity index (χ1v) is 11.0. The van der Waals surface area contributed by atoms with E-state index >= 15 is 0 Å². The van der Waals surface area contributed by atoms with E-state index in [2.05, 4.69) is 22.5 Å². The van der Waals surface area contributed by atoms with Gasteiger partial charge in [0.1, 0.15) is 4.83 Å². The number of carbonyl (C=O) groups is 1. The molecule has 0 atom stereocenters. The zero-order chi connectivity index (χ0) is 19.8. The standard InChI is InChI=1S/C22H25N3O3S/c1-15-18-13-19(29-21(18)25(24-15)14-16-5-3-2-4-6-16)20(26)23-17-7-9-22(10-8-17)27-11-12-28-22/h2-6,13,17H,7-12,14H2,1H3,(H,23,26). The molecule has 1 aromatic carbocycles. The molecule has 3 aromatic rings. The molecule has 1 N–H and O–H groups in total. The Morgan fingerprint density at radius 1 is 1.24 bits per heavy atom. The van der Waals surface area contributed by atoms with Gasteiger partial charge in [-0.25, -0.2) is 0 Å². The van der Waals surface area contributed by atoms with Crippen molar-refractivity contribution in [2.45, 2.75) is 51.0 Å². The predicted octanol–water partition coefficient (Wildman–Crippen LogP) is 3.87. The SMILES string of the molecule is Cc1nn(Cc2ccccc2)c2sc(C(=O)NC3CCC4(CC3)OCCO4)cc12. The summed E-state index contributed by atoms with van der Waals surface area (Å²) in [6, 6.07) is 12.4. The van der Waals surface area contributed by atoms with E-state index in [4.69, 9.17) is 9.47 Å². The number of amides is 1. The molecule has 1 amide bonds. The summed E-state index contributed by atoms with van der Waals surface area (Å²) in [4.78, 5) is 14.7. The lowest BCUT2D eigenvalue weighted by Crippen LogP contribution is -2.43. The summed E-state index contributed by atoms with van der Waals surface area (Å²) in [5.41, 5.74) is 2.16. The fourth-order valence-electron chi connectivity index (χ4n) is 4.33. The van der Waals surface area contributed by atoms with Crippen LogP contribution < -0.4 is 5.32 Å². The van der Waals surface area contributed by atoms with Crippen LogP contribution in [0.4, 0.5) is 0 Å².